The number of likely N-dealkylation sites (tertiary alicyclic amines) is 1. The van der Waals surface area contributed by atoms with Gasteiger partial charge >= 0.3 is 0 Å². The number of carbonyl (C=O) groups excluding carboxylic acids is 1. The lowest BCUT2D eigenvalue weighted by molar-refractivity contribution is 0.0141. The molecular weight excluding hydrogens is 447 g/mol. The third kappa shape index (κ3) is 5.01. The number of halogens is 3. The Bertz CT molecular complexity index is 1070. The average Bonchev–Trinajstić information content (AvgIpc) is 2.74. The van der Waals surface area contributed by atoms with E-state index in [4.69, 9.17) is 11.6 Å². The van der Waals surface area contributed by atoms with Gasteiger partial charge in [0.05, 0.1) is 34.3 Å². The summed E-state index contributed by atoms with van der Waals surface area (Å²) in [6.07, 6.45) is 2.06. The Morgan fingerprint density at radius 3 is 2.41 bits per heavy atom. The van der Waals surface area contributed by atoms with E-state index in [0.717, 1.165) is 11.3 Å². The third-order valence-corrected chi connectivity index (χ3v) is 8.16. The molecule has 1 N–H and O–H groups in total. The summed E-state index contributed by atoms with van der Waals surface area (Å²) in [7, 11) is 13.9. The van der Waals surface area contributed by atoms with E-state index in [2.05, 4.69) is 39.9 Å². The van der Waals surface area contributed by atoms with Crippen molar-refractivity contribution in [2.75, 3.05) is 13.1 Å². The normalized spacial score (nSPS) is 21.8. The fourth-order valence-electron chi connectivity index (χ4n) is 4.58. The van der Waals surface area contributed by atoms with Gasteiger partial charge in [-0.1, -0.05) is 22.8 Å². The van der Waals surface area contributed by atoms with Crippen LogP contribution in [0.25, 0.3) is 0 Å². The predicted octanol–water partition coefficient (Wildman–Crippen LogP) is -3.47. The summed E-state index contributed by atoms with van der Waals surface area (Å²) in [5, 5.41) is 1.51. The average molecular weight is 477 g/mol. The molecule has 14 heteroatoms. The maximum atomic E-state index is 16.4. The van der Waals surface area contributed by atoms with Crippen LogP contribution in [0.1, 0.15) is 28.0 Å². The summed E-state index contributed by atoms with van der Waals surface area (Å²) < 4.78 is 30.0. The number of alkyl halides is 1. The minimum absolute atomic E-state index is 0.0300. The third-order valence-electron chi connectivity index (χ3n) is 7.87. The number of hydrogen-bond acceptors (Lipinski definition) is 3. The molecule has 1 saturated heterocycles. The van der Waals surface area contributed by atoms with Gasteiger partial charge < -0.3 is 10.2 Å². The summed E-state index contributed by atoms with van der Waals surface area (Å²) in [4.78, 5) is 19.5. The zero-order valence-corrected chi connectivity index (χ0v) is 22.0. The van der Waals surface area contributed by atoms with Gasteiger partial charge in [-0.25, -0.2) is 8.78 Å². The minimum atomic E-state index is -1.54. The molecule has 4 nitrogen and oxygen atoms in total. The van der Waals surface area contributed by atoms with Crippen molar-refractivity contribution in [1.82, 2.24) is 15.2 Å². The van der Waals surface area contributed by atoms with E-state index in [1.54, 1.807) is 4.90 Å². The number of benzene rings is 1. The Hall–Kier alpha value is -1.60. The Labute approximate surface area is 212 Å². The van der Waals surface area contributed by atoms with Gasteiger partial charge in [0.25, 0.3) is 5.91 Å². The van der Waals surface area contributed by atoms with Crippen LogP contribution in [0.2, 0.25) is 10.2 Å². The van der Waals surface area contributed by atoms with E-state index in [9.17, 15) is 9.18 Å². The minimum Gasteiger partial charge on any atom is -0.349 e. The molecule has 0 aliphatic carbocycles. The van der Waals surface area contributed by atoms with Crippen molar-refractivity contribution in [3.63, 3.8) is 0 Å². The number of hydrogen-bond donors (Lipinski definition) is 1. The van der Waals surface area contributed by atoms with Gasteiger partial charge in [-0.2, -0.15) is 0 Å². The second-order valence-electron chi connectivity index (χ2n) is 11.4. The van der Waals surface area contributed by atoms with Crippen LogP contribution in [0, 0.1) is 5.82 Å². The van der Waals surface area contributed by atoms with Crippen LogP contribution in [0.3, 0.4) is 0 Å². The number of aromatic nitrogens is 1. The molecule has 1 atom stereocenters. The van der Waals surface area contributed by atoms with E-state index in [0.29, 0.717) is 12.1 Å². The zero-order valence-electron chi connectivity index (χ0n) is 21.2. The SMILES string of the molecule is BC(B)(B)c1ccc(CNCC2(F)CCN(C(=O)c3ccc(F)c(Cl)c3)C(B)(B)C2(B)B)nc1. The topological polar surface area (TPSA) is 45.2 Å². The van der Waals surface area contributed by atoms with Crippen molar-refractivity contribution in [3.05, 3.63) is 64.2 Å². The Morgan fingerprint density at radius 2 is 1.85 bits per heavy atom. The summed E-state index contributed by atoms with van der Waals surface area (Å²) >= 11 is 5.89. The van der Waals surface area contributed by atoms with E-state index in [-0.39, 0.29) is 35.6 Å². The van der Waals surface area contributed by atoms with Gasteiger partial charge in [-0.3, -0.25) is 9.78 Å². The fraction of sp³-hybridized carbons (Fsp3) is 0.400. The molecule has 1 unspecified atom stereocenters. The van der Waals surface area contributed by atoms with Crippen LogP contribution >= 0.6 is 11.6 Å². The van der Waals surface area contributed by atoms with Crippen LogP contribution in [0.5, 0.6) is 0 Å². The van der Waals surface area contributed by atoms with Gasteiger partial charge in [0.15, 0.2) is 0 Å². The monoisotopic (exact) mass is 477 g/mol. The Kier molecular flexibility index (Phi) is 7.51. The summed E-state index contributed by atoms with van der Waals surface area (Å²) in [6.45, 7) is 0.862. The number of rotatable bonds is 6. The second kappa shape index (κ2) is 9.46. The molecule has 1 aliphatic heterocycles. The fourth-order valence-corrected chi connectivity index (χ4v) is 4.76. The van der Waals surface area contributed by atoms with Crippen LogP contribution in [0.15, 0.2) is 36.5 Å². The quantitative estimate of drug-likeness (QED) is 0.441. The van der Waals surface area contributed by atoms with Gasteiger partial charge in [-0.15, -0.1) is 0 Å². The molecule has 0 spiro atoms. The van der Waals surface area contributed by atoms with Crippen molar-refractivity contribution in [2.45, 2.75) is 34.3 Å². The first-order valence-corrected chi connectivity index (χ1v) is 12.1. The highest BCUT2D eigenvalue weighted by Crippen LogP contribution is 2.51. The predicted molar refractivity (Wildman–Crippen MR) is 154 cm³/mol. The Balaban J connectivity index is 1.72. The number of nitrogens with zero attached hydrogens (tertiary/aromatic N) is 2. The summed E-state index contributed by atoms with van der Waals surface area (Å²) in [5.41, 5.74) is 0.763. The molecule has 2 aromatic rings. The van der Waals surface area contributed by atoms with E-state index >= 15 is 4.39 Å². The van der Waals surface area contributed by atoms with E-state index < -0.39 is 22.0 Å². The smallest absolute Gasteiger partial charge is 0.253 e. The van der Waals surface area contributed by atoms with Crippen LogP contribution in [-0.2, 0) is 11.7 Å². The highest BCUT2D eigenvalue weighted by molar-refractivity contribution is 6.59. The van der Waals surface area contributed by atoms with Crippen molar-refractivity contribution < 1.29 is 13.6 Å². The van der Waals surface area contributed by atoms with Crippen molar-refractivity contribution >= 4 is 72.4 Å². The lowest BCUT2D eigenvalue weighted by Gasteiger charge is -2.61. The van der Waals surface area contributed by atoms with Crippen LogP contribution in [0.4, 0.5) is 8.78 Å². The second-order valence-corrected chi connectivity index (χ2v) is 11.8. The molecule has 1 aromatic heterocycles. The molecule has 0 radical (unpaired) electrons. The molecule has 0 saturated carbocycles. The Morgan fingerprint density at radius 1 is 1.18 bits per heavy atom. The highest BCUT2D eigenvalue weighted by Gasteiger charge is 2.59. The standard InChI is InChI=1S/C20H29B7ClF2N3O/c21-18(22,23)12-2-3-13(32-8-12)9-31-10-17(30)5-6-33(20(26,27)19(17,24)25)16(34)11-1-4-15(29)14(28)7-11/h1-4,7-8,31H,5-6,9-10,21-27H2. The highest BCUT2D eigenvalue weighted by atomic mass is 35.5. The molecule has 1 aromatic carbocycles. The molecule has 2 heterocycles. The molecule has 1 fully saturated rings. The van der Waals surface area contributed by atoms with Crippen LogP contribution in [-0.4, -0.2) is 94.8 Å². The number of piperidine rings is 1. The van der Waals surface area contributed by atoms with Crippen molar-refractivity contribution in [3.8, 4) is 0 Å². The molecule has 3 rings (SSSR count). The molecule has 1 amide bonds. The van der Waals surface area contributed by atoms with Gasteiger partial charge in [-0.05, 0) is 46.8 Å². The van der Waals surface area contributed by atoms with Crippen LogP contribution < -0.4 is 5.32 Å². The van der Waals surface area contributed by atoms with Crippen molar-refractivity contribution in [1.29, 1.82) is 0 Å². The molecule has 34 heavy (non-hydrogen) atoms. The zero-order chi connectivity index (χ0) is 25.5. The summed E-state index contributed by atoms with van der Waals surface area (Å²) in [5.74, 6) is -0.856. The van der Waals surface area contributed by atoms with Gasteiger partial charge in [0.1, 0.15) is 42.9 Å². The van der Waals surface area contributed by atoms with E-state index in [1.807, 2.05) is 43.6 Å². The molecular formula is C20H29B7ClF2N3O. The molecule has 172 valence electrons. The summed E-state index contributed by atoms with van der Waals surface area (Å²) in [6, 6.07) is 7.97. The first-order valence-electron chi connectivity index (χ1n) is 11.7. The maximum Gasteiger partial charge on any atom is 0.253 e. The number of amides is 1. The lowest BCUT2D eigenvalue weighted by atomic mass is 9.27. The number of carbonyl (C=O) groups is 1. The first-order chi connectivity index (χ1) is 15.6. The first kappa shape index (κ1) is 27.0. The number of pyridine rings is 1. The maximum absolute atomic E-state index is 16.4. The lowest BCUT2D eigenvalue weighted by Crippen LogP contribution is -2.72. The molecule has 1 aliphatic rings. The van der Waals surface area contributed by atoms with Gasteiger partial charge in [0, 0.05) is 31.4 Å². The van der Waals surface area contributed by atoms with Crippen molar-refractivity contribution in [2.24, 2.45) is 0 Å². The molecule has 0 bridgehead atoms. The van der Waals surface area contributed by atoms with Gasteiger partial charge in [0.2, 0.25) is 0 Å². The largest absolute Gasteiger partial charge is 0.349 e. The number of nitrogens with one attached hydrogen (secondary N) is 1. The van der Waals surface area contributed by atoms with E-state index in [1.165, 1.54) is 18.2 Å².